The maximum Gasteiger partial charge on any atom is 0.329 e. The van der Waals surface area contributed by atoms with Crippen LogP contribution < -0.4 is 15.4 Å². The van der Waals surface area contributed by atoms with E-state index in [1.54, 1.807) is 18.2 Å². The second-order valence-corrected chi connectivity index (χ2v) is 7.16. The number of nitrogens with zero attached hydrogens (tertiary/aromatic N) is 1. The molecule has 1 aliphatic heterocycles. The zero-order valence-electron chi connectivity index (χ0n) is 15.7. The van der Waals surface area contributed by atoms with Gasteiger partial charge in [0.1, 0.15) is 23.8 Å². The van der Waals surface area contributed by atoms with Gasteiger partial charge in [-0.05, 0) is 64.0 Å². The van der Waals surface area contributed by atoms with Crippen molar-refractivity contribution in [3.63, 3.8) is 0 Å². The van der Waals surface area contributed by atoms with Gasteiger partial charge in [-0.1, -0.05) is 6.07 Å². The normalized spacial score (nSPS) is 14.5. The SMILES string of the molecule is O=C(O)CN1C(=O)N/C(=C/c2ccc(OCC(=O)Nc3ccc(F)cc3)c(Br)c2)C1=O. The topological polar surface area (TPSA) is 125 Å². The minimum Gasteiger partial charge on any atom is -0.483 e. The molecule has 2 aromatic rings. The Bertz CT molecular complexity index is 1090. The molecule has 3 N–H and O–H groups in total. The highest BCUT2D eigenvalue weighted by molar-refractivity contribution is 9.10. The van der Waals surface area contributed by atoms with E-state index in [9.17, 15) is 23.6 Å². The predicted molar refractivity (Wildman–Crippen MR) is 111 cm³/mol. The number of hydrogen-bond donors (Lipinski definition) is 3. The van der Waals surface area contributed by atoms with Gasteiger partial charge in [-0.3, -0.25) is 14.4 Å². The van der Waals surface area contributed by atoms with Gasteiger partial charge in [-0.25, -0.2) is 14.1 Å². The number of nitrogens with one attached hydrogen (secondary N) is 2. The summed E-state index contributed by atoms with van der Waals surface area (Å²) in [5.41, 5.74) is 0.887. The van der Waals surface area contributed by atoms with Gasteiger partial charge in [0.15, 0.2) is 6.61 Å². The lowest BCUT2D eigenvalue weighted by molar-refractivity contribution is -0.140. The third-order valence-corrected chi connectivity index (χ3v) is 4.63. The molecular formula is C20H15BrFN3O6. The van der Waals surface area contributed by atoms with Crippen molar-refractivity contribution < 1.29 is 33.4 Å². The molecule has 0 spiro atoms. The summed E-state index contributed by atoms with van der Waals surface area (Å²) in [6.45, 7) is -1.03. The Hall–Kier alpha value is -3.73. The molecule has 9 nitrogen and oxygen atoms in total. The number of anilines is 1. The van der Waals surface area contributed by atoms with Crippen LogP contribution in [-0.4, -0.2) is 47.0 Å². The van der Waals surface area contributed by atoms with E-state index in [1.165, 1.54) is 30.3 Å². The average Bonchev–Trinajstić information content (AvgIpc) is 2.96. The first-order valence-electron chi connectivity index (χ1n) is 8.77. The Morgan fingerprint density at radius 2 is 1.90 bits per heavy atom. The van der Waals surface area contributed by atoms with Crippen molar-refractivity contribution in [1.82, 2.24) is 10.2 Å². The summed E-state index contributed by atoms with van der Waals surface area (Å²) < 4.78 is 18.8. The van der Waals surface area contributed by atoms with E-state index in [4.69, 9.17) is 9.84 Å². The fourth-order valence-corrected chi connectivity index (χ4v) is 3.13. The number of benzene rings is 2. The Morgan fingerprint density at radius 1 is 1.19 bits per heavy atom. The molecule has 0 bridgehead atoms. The molecule has 0 saturated carbocycles. The lowest BCUT2D eigenvalue weighted by Crippen LogP contribution is -2.35. The van der Waals surface area contributed by atoms with Crippen LogP contribution in [0.25, 0.3) is 6.08 Å². The number of carboxylic acids is 1. The number of halogens is 2. The Kier molecular flexibility index (Phi) is 6.65. The second-order valence-electron chi connectivity index (χ2n) is 6.31. The second kappa shape index (κ2) is 9.39. The number of carbonyl (C=O) groups excluding carboxylic acids is 3. The summed E-state index contributed by atoms with van der Waals surface area (Å²) in [5, 5.41) is 13.7. The van der Waals surface area contributed by atoms with Gasteiger partial charge >= 0.3 is 12.0 Å². The van der Waals surface area contributed by atoms with Gasteiger partial charge in [-0.2, -0.15) is 0 Å². The number of imide groups is 1. The van der Waals surface area contributed by atoms with Crippen LogP contribution in [0.2, 0.25) is 0 Å². The number of rotatable bonds is 7. The molecule has 3 rings (SSSR count). The molecule has 0 aromatic heterocycles. The molecule has 2 aromatic carbocycles. The van der Waals surface area contributed by atoms with Gasteiger partial charge in [-0.15, -0.1) is 0 Å². The standard InChI is InChI=1S/C20H15BrFN3O6/c21-14-7-11(8-15-19(29)25(9-18(27)28)20(30)24-15)1-6-16(14)31-10-17(26)23-13-4-2-12(22)3-5-13/h1-8H,9-10H2,(H,23,26)(H,24,30)(H,27,28)/b15-8+. The molecule has 1 saturated heterocycles. The number of amides is 4. The summed E-state index contributed by atoms with van der Waals surface area (Å²) in [7, 11) is 0. The largest absolute Gasteiger partial charge is 0.483 e. The monoisotopic (exact) mass is 491 g/mol. The molecule has 1 fully saturated rings. The third-order valence-electron chi connectivity index (χ3n) is 4.01. The first-order valence-corrected chi connectivity index (χ1v) is 9.56. The Balaban J connectivity index is 1.62. The van der Waals surface area contributed by atoms with Crippen LogP contribution in [0.4, 0.5) is 14.9 Å². The van der Waals surface area contributed by atoms with Crippen LogP contribution in [0.15, 0.2) is 52.6 Å². The number of hydrogen-bond acceptors (Lipinski definition) is 5. The lowest BCUT2D eigenvalue weighted by Gasteiger charge is -2.10. The van der Waals surface area contributed by atoms with Crippen LogP contribution in [0.1, 0.15) is 5.56 Å². The summed E-state index contributed by atoms with van der Waals surface area (Å²) in [4.78, 5) is 47.2. The van der Waals surface area contributed by atoms with E-state index in [0.29, 0.717) is 26.4 Å². The number of urea groups is 1. The van der Waals surface area contributed by atoms with E-state index in [1.807, 2.05) is 0 Å². The molecule has 1 heterocycles. The third kappa shape index (κ3) is 5.66. The van der Waals surface area contributed by atoms with Crippen LogP contribution in [0.3, 0.4) is 0 Å². The summed E-state index contributed by atoms with van der Waals surface area (Å²) in [6, 6.07) is 9.21. The highest BCUT2D eigenvalue weighted by Gasteiger charge is 2.34. The summed E-state index contributed by atoms with van der Waals surface area (Å²) >= 11 is 3.31. The minimum absolute atomic E-state index is 0.0644. The van der Waals surface area contributed by atoms with Gasteiger partial charge in [0.05, 0.1) is 4.47 Å². The molecule has 160 valence electrons. The van der Waals surface area contributed by atoms with Crippen molar-refractivity contribution in [2.45, 2.75) is 0 Å². The fourth-order valence-electron chi connectivity index (χ4n) is 2.61. The predicted octanol–water partition coefficient (Wildman–Crippen LogP) is 2.58. The first-order chi connectivity index (χ1) is 14.7. The maximum atomic E-state index is 12.9. The van der Waals surface area contributed by atoms with Crippen LogP contribution in [0.5, 0.6) is 5.75 Å². The van der Waals surface area contributed by atoms with Crippen LogP contribution >= 0.6 is 15.9 Å². The minimum atomic E-state index is -1.31. The number of aliphatic carboxylic acids is 1. The molecule has 0 atom stereocenters. The van der Waals surface area contributed by atoms with Gasteiger partial charge < -0.3 is 20.5 Å². The van der Waals surface area contributed by atoms with Gasteiger partial charge in [0.2, 0.25) is 0 Å². The van der Waals surface area contributed by atoms with Crippen molar-refractivity contribution >= 4 is 51.5 Å². The molecule has 0 aliphatic carbocycles. The smallest absolute Gasteiger partial charge is 0.329 e. The molecule has 0 radical (unpaired) electrons. The molecule has 1 aliphatic rings. The zero-order chi connectivity index (χ0) is 22.5. The first kappa shape index (κ1) is 22.0. The zero-order valence-corrected chi connectivity index (χ0v) is 17.3. The van der Waals surface area contributed by atoms with E-state index in [-0.39, 0.29) is 12.3 Å². The summed E-state index contributed by atoms with van der Waals surface area (Å²) in [6.07, 6.45) is 1.39. The molecule has 31 heavy (non-hydrogen) atoms. The van der Waals surface area contributed by atoms with Gasteiger partial charge in [0.25, 0.3) is 11.8 Å². The number of ether oxygens (including phenoxy) is 1. The molecule has 11 heteroatoms. The van der Waals surface area contributed by atoms with Crippen molar-refractivity contribution in [1.29, 1.82) is 0 Å². The van der Waals surface area contributed by atoms with E-state index >= 15 is 0 Å². The van der Waals surface area contributed by atoms with Crippen molar-refractivity contribution in [2.24, 2.45) is 0 Å². The highest BCUT2D eigenvalue weighted by atomic mass is 79.9. The Morgan fingerprint density at radius 3 is 2.55 bits per heavy atom. The van der Waals surface area contributed by atoms with E-state index in [2.05, 4.69) is 26.6 Å². The van der Waals surface area contributed by atoms with E-state index < -0.39 is 36.2 Å². The molecule has 0 unspecified atom stereocenters. The van der Waals surface area contributed by atoms with Crippen LogP contribution in [-0.2, 0) is 14.4 Å². The van der Waals surface area contributed by atoms with Crippen molar-refractivity contribution in [3.05, 3.63) is 64.0 Å². The molecule has 4 amide bonds. The van der Waals surface area contributed by atoms with E-state index in [0.717, 1.165) is 0 Å². The molecular weight excluding hydrogens is 477 g/mol. The van der Waals surface area contributed by atoms with Gasteiger partial charge in [0, 0.05) is 5.69 Å². The fraction of sp³-hybridized carbons (Fsp3) is 0.100. The van der Waals surface area contributed by atoms with Crippen molar-refractivity contribution in [3.8, 4) is 5.75 Å². The van der Waals surface area contributed by atoms with Crippen molar-refractivity contribution in [2.75, 3.05) is 18.5 Å². The Labute approximate surface area is 183 Å². The van der Waals surface area contributed by atoms with Crippen LogP contribution in [0, 0.1) is 5.82 Å². The highest BCUT2D eigenvalue weighted by Crippen LogP contribution is 2.27. The number of carbonyl (C=O) groups is 4. The summed E-state index contributed by atoms with van der Waals surface area (Å²) in [5.74, 6) is -2.56. The number of carboxylic acid groups (broad SMARTS) is 1. The average molecular weight is 492 g/mol. The quantitative estimate of drug-likeness (QED) is 0.403. The maximum absolute atomic E-state index is 12.9. The lowest BCUT2D eigenvalue weighted by atomic mass is 10.2.